The van der Waals surface area contributed by atoms with E-state index in [4.69, 9.17) is 4.42 Å². The minimum Gasteiger partial charge on any atom is -0.459 e. The molecule has 7 nitrogen and oxygen atoms in total. The van der Waals surface area contributed by atoms with Gasteiger partial charge in [0, 0.05) is 19.3 Å². The Labute approximate surface area is 109 Å². The number of hydrogen-bond donors (Lipinski definition) is 2. The van der Waals surface area contributed by atoms with E-state index in [0.29, 0.717) is 5.82 Å². The number of nitrogens with one attached hydrogen (secondary N) is 2. The van der Waals surface area contributed by atoms with Gasteiger partial charge < -0.3 is 15.1 Å². The van der Waals surface area contributed by atoms with Crippen molar-refractivity contribution in [1.82, 2.24) is 15.1 Å². The molecular weight excluding hydrogens is 248 g/mol. The van der Waals surface area contributed by atoms with Crippen molar-refractivity contribution in [2.45, 2.75) is 13.0 Å². The second-order valence-corrected chi connectivity index (χ2v) is 4.04. The molecular formula is C12H14N4O3. The van der Waals surface area contributed by atoms with Gasteiger partial charge in [0.05, 0.1) is 6.26 Å². The number of carbonyl (C=O) groups excluding carboxylic acids is 2. The Balaban J connectivity index is 1.91. The maximum atomic E-state index is 11.8. The molecule has 0 fully saturated rings. The number of aryl methyl sites for hydroxylation is 1. The highest BCUT2D eigenvalue weighted by Gasteiger charge is 2.18. The molecule has 2 amide bonds. The van der Waals surface area contributed by atoms with Crippen molar-refractivity contribution in [1.29, 1.82) is 0 Å². The third kappa shape index (κ3) is 3.21. The first kappa shape index (κ1) is 12.9. The van der Waals surface area contributed by atoms with Crippen LogP contribution in [0, 0.1) is 0 Å². The molecule has 100 valence electrons. The summed E-state index contributed by atoms with van der Waals surface area (Å²) in [7, 11) is 1.75. The lowest BCUT2D eigenvalue weighted by atomic mass is 10.3. The van der Waals surface area contributed by atoms with Gasteiger partial charge in [-0.25, -0.2) is 0 Å². The number of anilines is 1. The van der Waals surface area contributed by atoms with Gasteiger partial charge in [0.2, 0.25) is 5.91 Å². The van der Waals surface area contributed by atoms with Gasteiger partial charge in [0.1, 0.15) is 6.04 Å². The first-order chi connectivity index (χ1) is 9.06. The van der Waals surface area contributed by atoms with E-state index in [0.717, 1.165) is 0 Å². The van der Waals surface area contributed by atoms with E-state index in [9.17, 15) is 9.59 Å². The van der Waals surface area contributed by atoms with Gasteiger partial charge >= 0.3 is 0 Å². The molecule has 0 aromatic carbocycles. The van der Waals surface area contributed by atoms with Crippen LogP contribution >= 0.6 is 0 Å². The summed E-state index contributed by atoms with van der Waals surface area (Å²) in [6.07, 6.45) is 3.11. The second-order valence-electron chi connectivity index (χ2n) is 4.04. The molecule has 0 aliphatic heterocycles. The number of aromatic nitrogens is 2. The molecule has 0 radical (unpaired) electrons. The zero-order valence-corrected chi connectivity index (χ0v) is 10.6. The predicted molar refractivity (Wildman–Crippen MR) is 67.5 cm³/mol. The molecule has 7 heteroatoms. The zero-order valence-electron chi connectivity index (χ0n) is 10.6. The SMILES string of the molecule is CC(NC(=O)c1ccco1)C(=O)Nc1ccn(C)n1. The minimum atomic E-state index is -0.695. The second kappa shape index (κ2) is 5.38. The smallest absolute Gasteiger partial charge is 0.287 e. The first-order valence-electron chi connectivity index (χ1n) is 5.71. The van der Waals surface area contributed by atoms with E-state index < -0.39 is 11.9 Å². The number of hydrogen-bond acceptors (Lipinski definition) is 4. The maximum Gasteiger partial charge on any atom is 0.287 e. The van der Waals surface area contributed by atoms with Crippen LogP contribution in [0.3, 0.4) is 0 Å². The third-order valence-corrected chi connectivity index (χ3v) is 2.45. The molecule has 2 aromatic rings. The van der Waals surface area contributed by atoms with Crippen LogP contribution < -0.4 is 10.6 Å². The Bertz CT molecular complexity index is 574. The van der Waals surface area contributed by atoms with Crippen molar-refractivity contribution < 1.29 is 14.0 Å². The summed E-state index contributed by atoms with van der Waals surface area (Å²) in [6.45, 7) is 1.58. The summed E-state index contributed by atoms with van der Waals surface area (Å²) in [5.41, 5.74) is 0. The Kier molecular flexibility index (Phi) is 3.65. The van der Waals surface area contributed by atoms with E-state index in [1.807, 2.05) is 0 Å². The van der Waals surface area contributed by atoms with E-state index in [2.05, 4.69) is 15.7 Å². The fourth-order valence-corrected chi connectivity index (χ4v) is 1.46. The Hall–Kier alpha value is -2.57. The van der Waals surface area contributed by atoms with E-state index in [1.165, 1.54) is 12.3 Å². The van der Waals surface area contributed by atoms with Crippen LogP contribution in [-0.2, 0) is 11.8 Å². The first-order valence-corrected chi connectivity index (χ1v) is 5.71. The van der Waals surface area contributed by atoms with Gasteiger partial charge in [0.15, 0.2) is 11.6 Å². The van der Waals surface area contributed by atoms with Crippen LogP contribution in [0.1, 0.15) is 17.5 Å². The fraction of sp³-hybridized carbons (Fsp3) is 0.250. The molecule has 0 saturated heterocycles. The molecule has 0 aliphatic carbocycles. The van der Waals surface area contributed by atoms with Crippen molar-refractivity contribution in [2.24, 2.45) is 7.05 Å². The van der Waals surface area contributed by atoms with E-state index >= 15 is 0 Å². The quantitative estimate of drug-likeness (QED) is 0.851. The van der Waals surface area contributed by atoms with Gasteiger partial charge in [-0.1, -0.05) is 0 Å². The predicted octanol–water partition coefficient (Wildman–Crippen LogP) is 0.770. The van der Waals surface area contributed by atoms with Crippen molar-refractivity contribution >= 4 is 17.6 Å². The molecule has 2 aromatic heterocycles. The van der Waals surface area contributed by atoms with Gasteiger partial charge in [-0.2, -0.15) is 5.10 Å². The molecule has 19 heavy (non-hydrogen) atoms. The molecule has 1 atom stereocenters. The average molecular weight is 262 g/mol. The summed E-state index contributed by atoms with van der Waals surface area (Å²) >= 11 is 0. The number of nitrogens with zero attached hydrogens (tertiary/aromatic N) is 2. The summed E-state index contributed by atoms with van der Waals surface area (Å²) in [6, 6.07) is 4.10. The van der Waals surface area contributed by atoms with Crippen molar-refractivity contribution in [3.8, 4) is 0 Å². The van der Waals surface area contributed by atoms with Crippen molar-refractivity contribution in [3.05, 3.63) is 36.4 Å². The maximum absolute atomic E-state index is 11.8. The largest absolute Gasteiger partial charge is 0.459 e. The molecule has 2 N–H and O–H groups in total. The fourth-order valence-electron chi connectivity index (χ4n) is 1.46. The van der Waals surface area contributed by atoms with E-state index in [-0.39, 0.29) is 11.7 Å². The lowest BCUT2D eigenvalue weighted by Gasteiger charge is -2.11. The highest BCUT2D eigenvalue weighted by atomic mass is 16.3. The van der Waals surface area contributed by atoms with Crippen LogP contribution in [-0.4, -0.2) is 27.6 Å². The monoisotopic (exact) mass is 262 g/mol. The Morgan fingerprint density at radius 1 is 1.42 bits per heavy atom. The highest BCUT2D eigenvalue weighted by molar-refractivity contribution is 5.99. The van der Waals surface area contributed by atoms with Gasteiger partial charge in [0.25, 0.3) is 5.91 Å². The van der Waals surface area contributed by atoms with Crippen LogP contribution in [0.5, 0.6) is 0 Å². The number of carbonyl (C=O) groups is 2. The topological polar surface area (TPSA) is 89.2 Å². The third-order valence-electron chi connectivity index (χ3n) is 2.45. The number of furan rings is 1. The molecule has 2 rings (SSSR count). The molecule has 0 saturated carbocycles. The summed E-state index contributed by atoms with van der Waals surface area (Å²) in [5, 5.41) is 9.14. The summed E-state index contributed by atoms with van der Waals surface area (Å²) in [4.78, 5) is 23.5. The summed E-state index contributed by atoms with van der Waals surface area (Å²) in [5.74, 6) is -0.184. The molecule has 1 unspecified atom stereocenters. The molecule has 0 bridgehead atoms. The lowest BCUT2D eigenvalue weighted by Crippen LogP contribution is -2.41. The van der Waals surface area contributed by atoms with Crippen molar-refractivity contribution in [2.75, 3.05) is 5.32 Å². The summed E-state index contributed by atoms with van der Waals surface area (Å²) < 4.78 is 6.51. The van der Waals surface area contributed by atoms with Crippen molar-refractivity contribution in [3.63, 3.8) is 0 Å². The van der Waals surface area contributed by atoms with Crippen LogP contribution in [0.4, 0.5) is 5.82 Å². The minimum absolute atomic E-state index is 0.164. The standard InChI is InChI=1S/C12H14N4O3/c1-8(13-12(18)9-4-3-7-19-9)11(17)14-10-5-6-16(2)15-10/h3-8H,1-2H3,(H,13,18)(H,14,15,17). The number of amides is 2. The molecule has 2 heterocycles. The van der Waals surface area contributed by atoms with Gasteiger partial charge in [-0.3, -0.25) is 14.3 Å². The van der Waals surface area contributed by atoms with Gasteiger partial charge in [-0.05, 0) is 19.1 Å². The normalized spacial score (nSPS) is 11.9. The van der Waals surface area contributed by atoms with Gasteiger partial charge in [-0.15, -0.1) is 0 Å². The van der Waals surface area contributed by atoms with Crippen LogP contribution in [0.15, 0.2) is 35.1 Å². The molecule has 0 aliphatic rings. The average Bonchev–Trinajstić information content (AvgIpc) is 3.00. The van der Waals surface area contributed by atoms with Crippen LogP contribution in [0.2, 0.25) is 0 Å². The van der Waals surface area contributed by atoms with E-state index in [1.54, 1.807) is 37.0 Å². The number of rotatable bonds is 4. The molecule has 0 spiro atoms. The van der Waals surface area contributed by atoms with Crippen LogP contribution in [0.25, 0.3) is 0 Å². The lowest BCUT2D eigenvalue weighted by molar-refractivity contribution is -0.117. The Morgan fingerprint density at radius 2 is 2.21 bits per heavy atom. The highest BCUT2D eigenvalue weighted by Crippen LogP contribution is 2.03. The Morgan fingerprint density at radius 3 is 2.79 bits per heavy atom. The zero-order chi connectivity index (χ0) is 13.8.